The Bertz CT molecular complexity index is 464. The number of hydrogen-bond acceptors (Lipinski definition) is 4. The average Bonchev–Trinajstić information content (AvgIpc) is 2.58. The van der Waals surface area contributed by atoms with Gasteiger partial charge >= 0.3 is 0 Å². The number of fused-ring (bicyclic) bond motifs is 1. The van der Waals surface area contributed by atoms with Crippen molar-refractivity contribution in [2.45, 2.75) is 33.0 Å². The molecule has 0 aliphatic carbocycles. The lowest BCUT2D eigenvalue weighted by atomic mass is 10.0. The third-order valence-electron chi connectivity index (χ3n) is 3.57. The molecule has 1 aromatic carbocycles. The highest BCUT2D eigenvalue weighted by atomic mass is 16.7. The number of ether oxygens (including phenoxy) is 4. The maximum atomic E-state index is 5.87. The third-order valence-corrected chi connectivity index (χ3v) is 3.57. The van der Waals surface area contributed by atoms with Crippen LogP contribution in [0.3, 0.4) is 0 Å². The zero-order chi connectivity index (χ0) is 14.8. The molecule has 1 heterocycles. The van der Waals surface area contributed by atoms with Crippen molar-refractivity contribution in [1.82, 2.24) is 0 Å². The summed E-state index contributed by atoms with van der Waals surface area (Å²) in [5, 5.41) is 0. The lowest BCUT2D eigenvalue weighted by Gasteiger charge is -2.27. The number of aryl methyl sites for hydroxylation is 1. The molecule has 0 aromatic heterocycles. The Morgan fingerprint density at radius 3 is 2.40 bits per heavy atom. The Hall–Kier alpha value is -1.26. The lowest BCUT2D eigenvalue weighted by Crippen LogP contribution is -2.44. The molecular weight excluding hydrogens is 256 g/mol. The normalized spacial score (nSPS) is 17.1. The average molecular weight is 280 g/mol. The van der Waals surface area contributed by atoms with Gasteiger partial charge in [0.05, 0.1) is 0 Å². The summed E-state index contributed by atoms with van der Waals surface area (Å²) in [6, 6.07) is 4.22. The number of methoxy groups -OCH3 is 2. The molecule has 0 saturated carbocycles. The largest absolute Gasteiger partial charge is 0.484 e. The van der Waals surface area contributed by atoms with Gasteiger partial charge in [-0.2, -0.15) is 0 Å². The Morgan fingerprint density at radius 2 is 1.80 bits per heavy atom. The lowest BCUT2D eigenvalue weighted by molar-refractivity contribution is -0.232. The zero-order valence-corrected chi connectivity index (χ0v) is 13.0. The van der Waals surface area contributed by atoms with E-state index in [4.69, 9.17) is 18.9 Å². The number of rotatable bonds is 4. The van der Waals surface area contributed by atoms with Crippen molar-refractivity contribution >= 4 is 0 Å². The minimum Gasteiger partial charge on any atom is -0.484 e. The van der Waals surface area contributed by atoms with Crippen LogP contribution >= 0.6 is 0 Å². The van der Waals surface area contributed by atoms with E-state index in [0.717, 1.165) is 23.5 Å². The second kappa shape index (κ2) is 6.02. The first-order valence-electron chi connectivity index (χ1n) is 6.99. The van der Waals surface area contributed by atoms with Crippen LogP contribution in [0.15, 0.2) is 12.1 Å². The quantitative estimate of drug-likeness (QED) is 0.795. The van der Waals surface area contributed by atoms with Gasteiger partial charge in [0, 0.05) is 14.2 Å². The second-order valence-electron chi connectivity index (χ2n) is 5.73. The predicted molar refractivity (Wildman–Crippen MR) is 77.5 cm³/mol. The van der Waals surface area contributed by atoms with E-state index < -0.39 is 5.79 Å². The molecule has 0 unspecified atom stereocenters. The maximum absolute atomic E-state index is 5.87. The van der Waals surface area contributed by atoms with E-state index in [0.29, 0.717) is 19.1 Å². The van der Waals surface area contributed by atoms with Gasteiger partial charge in [-0.15, -0.1) is 0 Å². The van der Waals surface area contributed by atoms with Crippen molar-refractivity contribution in [2.75, 3.05) is 27.4 Å². The van der Waals surface area contributed by atoms with Crippen molar-refractivity contribution in [3.05, 3.63) is 23.3 Å². The molecule has 0 saturated heterocycles. The molecule has 20 heavy (non-hydrogen) atoms. The minimum absolute atomic E-state index is 0.317. The molecule has 4 nitrogen and oxygen atoms in total. The molecule has 0 N–H and O–H groups in total. The van der Waals surface area contributed by atoms with E-state index in [1.807, 2.05) is 6.92 Å². The van der Waals surface area contributed by atoms with Gasteiger partial charge in [-0.25, -0.2) is 0 Å². The minimum atomic E-state index is -0.844. The van der Waals surface area contributed by atoms with Gasteiger partial charge in [-0.1, -0.05) is 19.9 Å². The maximum Gasteiger partial charge on any atom is 0.237 e. The molecule has 1 aromatic rings. The molecule has 1 aliphatic heterocycles. The molecule has 4 heteroatoms. The number of hydrogen-bond donors (Lipinski definition) is 0. The molecule has 0 amide bonds. The summed E-state index contributed by atoms with van der Waals surface area (Å²) in [4.78, 5) is 0. The van der Waals surface area contributed by atoms with Gasteiger partial charge in [0.15, 0.2) is 11.5 Å². The van der Waals surface area contributed by atoms with E-state index >= 15 is 0 Å². The van der Waals surface area contributed by atoms with Crippen LogP contribution in [-0.4, -0.2) is 33.2 Å². The van der Waals surface area contributed by atoms with E-state index in [1.165, 1.54) is 5.56 Å². The summed E-state index contributed by atoms with van der Waals surface area (Å²) in [6.07, 6.45) is 1.02. The summed E-state index contributed by atoms with van der Waals surface area (Å²) in [5.41, 5.74) is 2.35. The third kappa shape index (κ3) is 3.07. The van der Waals surface area contributed by atoms with Gasteiger partial charge in [0.25, 0.3) is 0 Å². The monoisotopic (exact) mass is 280 g/mol. The Morgan fingerprint density at radius 1 is 1.15 bits per heavy atom. The predicted octanol–water partition coefficient (Wildman–Crippen LogP) is 2.95. The fourth-order valence-electron chi connectivity index (χ4n) is 2.43. The molecule has 0 spiro atoms. The molecule has 0 fully saturated rings. The summed E-state index contributed by atoms with van der Waals surface area (Å²) in [7, 11) is 3.20. The summed E-state index contributed by atoms with van der Waals surface area (Å²) >= 11 is 0. The fraction of sp³-hybridized carbons (Fsp3) is 0.625. The standard InChI is InChI=1S/C16H24O4/c1-11(2)6-13-7-12(3)15-14(8-13)19-9-16(17-4,18-5)10-20-15/h7-8,11H,6,9-10H2,1-5H3. The Labute approximate surface area is 121 Å². The summed E-state index contributed by atoms with van der Waals surface area (Å²) in [5.74, 6) is 1.32. The van der Waals surface area contributed by atoms with Crippen LogP contribution in [-0.2, 0) is 15.9 Å². The highest BCUT2D eigenvalue weighted by Gasteiger charge is 2.35. The summed E-state index contributed by atoms with van der Waals surface area (Å²) < 4.78 is 22.5. The second-order valence-corrected chi connectivity index (χ2v) is 5.73. The molecule has 1 aliphatic rings. The van der Waals surface area contributed by atoms with Crippen molar-refractivity contribution in [1.29, 1.82) is 0 Å². The highest BCUT2D eigenvalue weighted by Crippen LogP contribution is 2.37. The van der Waals surface area contributed by atoms with Crippen LogP contribution in [0, 0.1) is 12.8 Å². The Balaban J connectivity index is 2.28. The first-order chi connectivity index (χ1) is 9.49. The smallest absolute Gasteiger partial charge is 0.237 e. The van der Waals surface area contributed by atoms with Crippen molar-refractivity contribution in [3.63, 3.8) is 0 Å². The molecule has 0 atom stereocenters. The van der Waals surface area contributed by atoms with Gasteiger partial charge < -0.3 is 18.9 Å². The first kappa shape index (κ1) is 15.1. The van der Waals surface area contributed by atoms with Gasteiger partial charge in [-0.3, -0.25) is 0 Å². The number of benzene rings is 1. The summed E-state index contributed by atoms with van der Waals surface area (Å²) in [6.45, 7) is 7.09. The molecule has 2 rings (SSSR count). The SMILES string of the molecule is COC1(OC)COc2cc(CC(C)C)cc(C)c2OC1. The topological polar surface area (TPSA) is 36.9 Å². The van der Waals surface area contributed by atoms with Crippen LogP contribution in [0.25, 0.3) is 0 Å². The van der Waals surface area contributed by atoms with Crippen molar-refractivity contribution in [2.24, 2.45) is 5.92 Å². The highest BCUT2D eigenvalue weighted by molar-refractivity contribution is 5.49. The zero-order valence-electron chi connectivity index (χ0n) is 13.0. The van der Waals surface area contributed by atoms with Crippen LogP contribution in [0.5, 0.6) is 11.5 Å². The van der Waals surface area contributed by atoms with E-state index in [2.05, 4.69) is 26.0 Å². The molecule has 0 bridgehead atoms. The molecular formula is C16H24O4. The molecule has 112 valence electrons. The van der Waals surface area contributed by atoms with E-state index in [-0.39, 0.29) is 0 Å². The van der Waals surface area contributed by atoms with E-state index in [1.54, 1.807) is 14.2 Å². The van der Waals surface area contributed by atoms with Crippen LogP contribution in [0.2, 0.25) is 0 Å². The van der Waals surface area contributed by atoms with E-state index in [9.17, 15) is 0 Å². The van der Waals surface area contributed by atoms with Gasteiger partial charge in [-0.05, 0) is 36.5 Å². The van der Waals surface area contributed by atoms with Gasteiger partial charge in [0.1, 0.15) is 13.2 Å². The Kier molecular flexibility index (Phi) is 4.55. The van der Waals surface area contributed by atoms with Crippen molar-refractivity contribution < 1.29 is 18.9 Å². The van der Waals surface area contributed by atoms with Crippen LogP contribution in [0.1, 0.15) is 25.0 Å². The van der Waals surface area contributed by atoms with Crippen LogP contribution < -0.4 is 9.47 Å². The fourth-order valence-corrected chi connectivity index (χ4v) is 2.43. The van der Waals surface area contributed by atoms with Crippen molar-refractivity contribution in [3.8, 4) is 11.5 Å². The van der Waals surface area contributed by atoms with Crippen LogP contribution in [0.4, 0.5) is 0 Å². The molecule has 0 radical (unpaired) electrons. The van der Waals surface area contributed by atoms with Gasteiger partial charge in [0.2, 0.25) is 5.79 Å². The first-order valence-corrected chi connectivity index (χ1v) is 6.99.